The molecule has 0 spiro atoms. The molecule has 10 heteroatoms. The molecule has 2 rings (SSSR count). The second-order valence-corrected chi connectivity index (χ2v) is 12.4. The summed E-state index contributed by atoms with van der Waals surface area (Å²) < 4.78 is 5.93. The van der Waals surface area contributed by atoms with E-state index in [2.05, 4.69) is 22.5 Å². The van der Waals surface area contributed by atoms with Crippen molar-refractivity contribution in [1.82, 2.24) is 16.0 Å². The van der Waals surface area contributed by atoms with Crippen LogP contribution in [0.5, 0.6) is 0 Å². The molecule has 2 aliphatic heterocycles. The third-order valence-electron chi connectivity index (χ3n) is 5.81. The maximum absolute atomic E-state index is 13.3. The Labute approximate surface area is 216 Å². The lowest BCUT2D eigenvalue weighted by Gasteiger charge is -2.27. The molecule has 0 aromatic heterocycles. The molecule has 2 heterocycles. The molecule has 0 aromatic carbocycles. The molecule has 2 aliphatic rings. The van der Waals surface area contributed by atoms with Crippen molar-refractivity contribution in [3.63, 3.8) is 0 Å². The first-order valence-corrected chi connectivity index (χ1v) is 14.7. The summed E-state index contributed by atoms with van der Waals surface area (Å²) in [6.07, 6.45) is 4.67. The van der Waals surface area contributed by atoms with Crippen LogP contribution in [0.15, 0.2) is 24.5 Å². The first-order chi connectivity index (χ1) is 16.6. The summed E-state index contributed by atoms with van der Waals surface area (Å²) in [6, 6.07) is -1.58. The van der Waals surface area contributed by atoms with Crippen LogP contribution in [0.25, 0.3) is 0 Å². The predicted octanol–water partition coefficient (Wildman–Crippen LogP) is 2.99. The van der Waals surface area contributed by atoms with Crippen molar-refractivity contribution >= 4 is 45.1 Å². The number of ether oxygens (including phenoxy) is 1. The van der Waals surface area contributed by atoms with Gasteiger partial charge in [0, 0.05) is 30.3 Å². The monoisotopic (exact) mass is 525 g/mol. The molecular weight excluding hydrogens is 486 g/mol. The van der Waals surface area contributed by atoms with Crippen LogP contribution >= 0.6 is 21.6 Å². The average molecular weight is 526 g/mol. The van der Waals surface area contributed by atoms with Gasteiger partial charge in [-0.05, 0) is 30.8 Å². The van der Waals surface area contributed by atoms with Gasteiger partial charge >= 0.3 is 0 Å². The number of rotatable bonds is 3. The van der Waals surface area contributed by atoms with Crippen LogP contribution in [0.4, 0.5) is 0 Å². The fourth-order valence-corrected chi connectivity index (χ4v) is 6.03. The fourth-order valence-electron chi connectivity index (χ4n) is 3.87. The zero-order valence-corrected chi connectivity index (χ0v) is 22.8. The lowest BCUT2D eigenvalue weighted by molar-refractivity contribution is -0.135. The Morgan fingerprint density at radius 1 is 1.03 bits per heavy atom. The summed E-state index contributed by atoms with van der Waals surface area (Å²) in [5.41, 5.74) is 0. The van der Waals surface area contributed by atoms with Gasteiger partial charge in [-0.2, -0.15) is 0 Å². The van der Waals surface area contributed by atoms with Crippen LogP contribution in [0.3, 0.4) is 0 Å². The van der Waals surface area contributed by atoms with Crippen LogP contribution in [0.1, 0.15) is 53.4 Å². The van der Waals surface area contributed by atoms with Crippen LogP contribution in [0, 0.1) is 17.8 Å². The Morgan fingerprint density at radius 2 is 1.77 bits per heavy atom. The zero-order valence-electron chi connectivity index (χ0n) is 21.1. The van der Waals surface area contributed by atoms with E-state index in [1.807, 2.05) is 39.8 Å². The van der Waals surface area contributed by atoms with Crippen molar-refractivity contribution in [2.24, 2.45) is 17.8 Å². The van der Waals surface area contributed by atoms with Gasteiger partial charge in [-0.1, -0.05) is 61.9 Å². The van der Waals surface area contributed by atoms with E-state index in [0.29, 0.717) is 17.9 Å². The molecule has 0 aromatic rings. The lowest BCUT2D eigenvalue weighted by atomic mass is 9.88. The predicted molar refractivity (Wildman–Crippen MR) is 142 cm³/mol. The van der Waals surface area contributed by atoms with E-state index in [0.717, 1.165) is 12.2 Å². The summed E-state index contributed by atoms with van der Waals surface area (Å²) in [6.45, 7) is 11.7. The Kier molecular flexibility index (Phi) is 12.2. The van der Waals surface area contributed by atoms with Crippen molar-refractivity contribution in [2.75, 3.05) is 18.1 Å². The Morgan fingerprint density at radius 3 is 2.46 bits per heavy atom. The third-order valence-corrected chi connectivity index (χ3v) is 8.25. The summed E-state index contributed by atoms with van der Waals surface area (Å²) in [5.74, 6) is -0.214. The summed E-state index contributed by atoms with van der Waals surface area (Å²) in [4.78, 5) is 52.4. The molecule has 0 aliphatic carbocycles. The number of allylic oxidation sites excluding steroid dienone is 1. The molecule has 1 saturated heterocycles. The molecule has 196 valence electrons. The Bertz CT molecular complexity index is 815. The topological polar surface area (TPSA) is 114 Å². The number of carbonyl (C=O) groups excluding carboxylic acids is 4. The fraction of sp³-hybridized carbons (Fsp3) is 0.680. The van der Waals surface area contributed by atoms with Crippen LogP contribution in [-0.2, 0) is 23.9 Å². The summed E-state index contributed by atoms with van der Waals surface area (Å²) in [7, 11) is 3.11. The highest BCUT2D eigenvalue weighted by Crippen LogP contribution is 2.25. The van der Waals surface area contributed by atoms with E-state index < -0.39 is 30.0 Å². The van der Waals surface area contributed by atoms with Crippen molar-refractivity contribution in [2.45, 2.75) is 71.6 Å². The smallest absolute Gasteiger partial charge is 0.244 e. The summed E-state index contributed by atoms with van der Waals surface area (Å²) >= 11 is 0. The molecule has 3 amide bonds. The van der Waals surface area contributed by atoms with E-state index in [4.69, 9.17) is 4.74 Å². The molecule has 0 radical (unpaired) electrons. The number of amides is 3. The van der Waals surface area contributed by atoms with Gasteiger partial charge in [-0.3, -0.25) is 19.2 Å². The number of fused-ring (bicyclic) bond motifs is 7. The highest BCUT2D eigenvalue weighted by atomic mass is 33.1. The van der Waals surface area contributed by atoms with Crippen LogP contribution < -0.4 is 16.0 Å². The number of ketones is 1. The molecule has 35 heavy (non-hydrogen) atoms. The second-order valence-electron chi connectivity index (χ2n) is 9.79. The van der Waals surface area contributed by atoms with Crippen molar-refractivity contribution in [3.05, 3.63) is 24.5 Å². The SMILES string of the molecule is C=C1CNC(=O)[C@H](CC(C)C)NC(=O)[C@H]2CSSCC/C=C/C(CC(=O)C[C@H](C(C)C)C(=O)N2)O1. The Balaban J connectivity index is 2.45. The second kappa shape index (κ2) is 14.6. The van der Waals surface area contributed by atoms with Gasteiger partial charge in [0.15, 0.2) is 0 Å². The minimum absolute atomic E-state index is 0.0621. The van der Waals surface area contributed by atoms with Gasteiger partial charge in [0.05, 0.1) is 6.54 Å². The van der Waals surface area contributed by atoms with Crippen molar-refractivity contribution < 1.29 is 23.9 Å². The number of hydrogen-bond donors (Lipinski definition) is 3. The van der Waals surface area contributed by atoms with Crippen molar-refractivity contribution in [1.29, 1.82) is 0 Å². The normalized spacial score (nSPS) is 29.1. The van der Waals surface area contributed by atoms with E-state index in [-0.39, 0.29) is 48.8 Å². The van der Waals surface area contributed by atoms with Gasteiger partial charge in [0.25, 0.3) is 0 Å². The standard InChI is InChI=1S/C25H39N3O5S2/c1-15(2)10-21-24(31)26-13-17(5)33-19-8-6-7-9-34-35-14-22(25(32)27-21)28-23(30)20(16(3)4)12-18(29)11-19/h6,8,15-16,19-22H,5,7,9-14H2,1-4H3,(H,26,31)(H,27,32)(H,28,30)/b8-6+/t19?,20-,21+,22-/m1/s1. The molecule has 4 atom stereocenters. The minimum atomic E-state index is -0.821. The molecule has 0 saturated carbocycles. The van der Waals surface area contributed by atoms with Gasteiger partial charge in [0.2, 0.25) is 17.7 Å². The van der Waals surface area contributed by atoms with Crippen LogP contribution in [-0.4, -0.2) is 59.7 Å². The van der Waals surface area contributed by atoms with E-state index in [1.54, 1.807) is 10.8 Å². The average Bonchev–Trinajstić information content (AvgIpc) is 2.77. The van der Waals surface area contributed by atoms with Gasteiger partial charge in [-0.25, -0.2) is 0 Å². The van der Waals surface area contributed by atoms with Crippen LogP contribution in [0.2, 0.25) is 0 Å². The van der Waals surface area contributed by atoms with Gasteiger partial charge in [-0.15, -0.1) is 0 Å². The number of hydrogen-bond acceptors (Lipinski definition) is 7. The number of Topliss-reactive ketones (excluding diaryl/α,β-unsaturated/α-hetero) is 1. The first kappa shape index (κ1) is 29.3. The molecule has 2 bridgehead atoms. The molecule has 1 unspecified atom stereocenters. The van der Waals surface area contributed by atoms with Crippen molar-refractivity contribution in [3.8, 4) is 0 Å². The number of carbonyl (C=O) groups is 4. The quantitative estimate of drug-likeness (QED) is 0.383. The molecule has 1 fully saturated rings. The van der Waals surface area contributed by atoms with Gasteiger partial charge in [0.1, 0.15) is 29.7 Å². The first-order valence-electron chi connectivity index (χ1n) is 12.2. The van der Waals surface area contributed by atoms with E-state index in [1.165, 1.54) is 10.8 Å². The van der Waals surface area contributed by atoms with E-state index >= 15 is 0 Å². The lowest BCUT2D eigenvalue weighted by Crippen LogP contribution is -2.56. The largest absolute Gasteiger partial charge is 0.489 e. The summed E-state index contributed by atoms with van der Waals surface area (Å²) in [5, 5.41) is 8.50. The molecular formula is C25H39N3O5S2. The minimum Gasteiger partial charge on any atom is -0.489 e. The molecule has 3 N–H and O–H groups in total. The maximum atomic E-state index is 13.3. The Hall–Kier alpha value is -1.94. The number of nitrogens with one attached hydrogen (secondary N) is 3. The highest BCUT2D eigenvalue weighted by Gasteiger charge is 2.32. The molecule has 8 nitrogen and oxygen atoms in total. The maximum Gasteiger partial charge on any atom is 0.244 e. The highest BCUT2D eigenvalue weighted by molar-refractivity contribution is 8.76. The third kappa shape index (κ3) is 10.3. The van der Waals surface area contributed by atoms with Gasteiger partial charge < -0.3 is 20.7 Å². The van der Waals surface area contributed by atoms with E-state index in [9.17, 15) is 19.2 Å². The zero-order chi connectivity index (χ0) is 26.0.